The Hall–Kier alpha value is -1.42. The zero-order chi connectivity index (χ0) is 39.9. The summed E-state index contributed by atoms with van der Waals surface area (Å²) in [6.07, 6.45) is 26.5. The first-order valence-corrected chi connectivity index (χ1v) is 22.6. The molecule has 0 radical (unpaired) electrons. The van der Waals surface area contributed by atoms with E-state index in [9.17, 15) is 33.6 Å². The average Bonchev–Trinajstić information content (AvgIpc) is 3.14. The Morgan fingerprint density at radius 1 is 0.722 bits per heavy atom. The van der Waals surface area contributed by atoms with Crippen LogP contribution in [0.3, 0.4) is 0 Å². The first-order valence-electron chi connectivity index (χ1n) is 21.2. The lowest BCUT2D eigenvalue weighted by Crippen LogP contribution is -2.61. The van der Waals surface area contributed by atoms with E-state index in [1.165, 1.54) is 103 Å². The molecule has 1 amide bonds. The lowest BCUT2D eigenvalue weighted by Gasteiger charge is -2.41. The highest BCUT2D eigenvalue weighted by Gasteiger charge is 2.48. The summed E-state index contributed by atoms with van der Waals surface area (Å²) in [5, 5.41) is 44.5. The van der Waals surface area contributed by atoms with Crippen molar-refractivity contribution in [1.82, 2.24) is 5.32 Å². The summed E-state index contributed by atoms with van der Waals surface area (Å²) in [5.41, 5.74) is 0. The van der Waals surface area contributed by atoms with Crippen molar-refractivity contribution in [2.24, 2.45) is 0 Å². The van der Waals surface area contributed by atoms with Crippen molar-refractivity contribution in [2.45, 2.75) is 217 Å². The molecule has 12 nitrogen and oxygen atoms in total. The highest BCUT2D eigenvalue weighted by atomic mass is 32.3. The van der Waals surface area contributed by atoms with Crippen LogP contribution in [0.4, 0.5) is 0 Å². The van der Waals surface area contributed by atoms with Crippen LogP contribution in [0.15, 0.2) is 24.3 Å². The predicted octanol–water partition coefficient (Wildman–Crippen LogP) is 7.38. The van der Waals surface area contributed by atoms with Gasteiger partial charge in [-0.05, 0) is 44.9 Å². The van der Waals surface area contributed by atoms with Gasteiger partial charge < -0.3 is 35.2 Å². The number of unbranched alkanes of at least 4 members (excludes halogenated alkanes) is 21. The van der Waals surface area contributed by atoms with Gasteiger partial charge in [0.1, 0.15) is 24.4 Å². The van der Waals surface area contributed by atoms with Crippen LogP contribution >= 0.6 is 0 Å². The topological polar surface area (TPSA) is 192 Å². The molecule has 0 aromatic rings. The molecule has 1 fully saturated rings. The number of carbonyl (C=O) groups is 1. The monoisotopic (exact) mass is 792 g/mol. The second-order valence-corrected chi connectivity index (χ2v) is 16.0. The minimum absolute atomic E-state index is 0.264. The summed E-state index contributed by atoms with van der Waals surface area (Å²) in [6.45, 7) is 3.34. The van der Waals surface area contributed by atoms with Gasteiger partial charge in [0.2, 0.25) is 5.91 Å². The molecule has 13 heteroatoms. The first kappa shape index (κ1) is 50.6. The van der Waals surface area contributed by atoms with Gasteiger partial charge in [0, 0.05) is 6.42 Å². The molecule has 1 heterocycles. The summed E-state index contributed by atoms with van der Waals surface area (Å²) >= 11 is 0. The molecular weight excluding hydrogens is 715 g/mol. The van der Waals surface area contributed by atoms with E-state index in [4.69, 9.17) is 14.0 Å². The lowest BCUT2D eigenvalue weighted by atomic mass is 9.99. The molecule has 7 atom stereocenters. The largest absolute Gasteiger partial charge is 0.397 e. The first-order chi connectivity index (χ1) is 26.0. The van der Waals surface area contributed by atoms with E-state index in [1.54, 1.807) is 6.08 Å². The fraction of sp³-hybridized carbons (Fsp3) is 0.878. The Morgan fingerprint density at radius 3 is 1.69 bits per heavy atom. The van der Waals surface area contributed by atoms with Crippen molar-refractivity contribution in [1.29, 1.82) is 0 Å². The van der Waals surface area contributed by atoms with E-state index in [-0.39, 0.29) is 18.9 Å². The van der Waals surface area contributed by atoms with E-state index >= 15 is 0 Å². The minimum atomic E-state index is -5.08. The third-order valence-corrected chi connectivity index (χ3v) is 10.4. The molecule has 0 aliphatic carbocycles. The molecule has 1 saturated heterocycles. The van der Waals surface area contributed by atoms with Gasteiger partial charge in [-0.3, -0.25) is 9.35 Å². The Morgan fingerprint density at radius 2 is 1.19 bits per heavy atom. The summed E-state index contributed by atoms with van der Waals surface area (Å²) in [6, 6.07) is -0.942. The van der Waals surface area contributed by atoms with Crippen LogP contribution < -0.4 is 5.32 Å². The van der Waals surface area contributed by atoms with Crippen LogP contribution in [0, 0.1) is 0 Å². The number of allylic oxidation sites excluding steroid dienone is 3. The van der Waals surface area contributed by atoms with E-state index in [1.807, 2.05) is 6.08 Å². The lowest BCUT2D eigenvalue weighted by molar-refractivity contribution is -0.298. The number of aliphatic hydroxyl groups is 4. The predicted molar refractivity (Wildman–Crippen MR) is 213 cm³/mol. The van der Waals surface area contributed by atoms with Crippen molar-refractivity contribution in [3.8, 4) is 0 Å². The van der Waals surface area contributed by atoms with Crippen molar-refractivity contribution in [3.05, 3.63) is 24.3 Å². The third kappa shape index (κ3) is 25.7. The van der Waals surface area contributed by atoms with Gasteiger partial charge in [-0.2, -0.15) is 8.42 Å². The standard InChI is InChI=1S/C41H77NO11S/c1-3-5-7-9-11-13-15-17-18-19-21-23-25-27-29-31-37(45)42-34(35(44)30-28-26-24-22-20-16-14-12-10-8-6-4-2)33-51-41-39(47)40(53-54(48,49)50)38(46)36(32-43)52-41/h13,15,28,30,34-36,38-41,43-44,46-47H,3-12,14,16-27,29,31-33H2,1-2H3,(H,42,45)(H,48,49,50)/b15-13-,30-28+. The number of hydrogen-bond acceptors (Lipinski definition) is 10. The molecule has 7 unspecified atom stereocenters. The molecule has 0 aromatic heterocycles. The van der Waals surface area contributed by atoms with Gasteiger partial charge >= 0.3 is 10.4 Å². The van der Waals surface area contributed by atoms with Crippen LogP contribution in [0.25, 0.3) is 0 Å². The number of nitrogens with one attached hydrogen (secondary N) is 1. The molecule has 0 spiro atoms. The van der Waals surface area contributed by atoms with Gasteiger partial charge in [0.15, 0.2) is 6.29 Å². The molecule has 318 valence electrons. The molecule has 6 N–H and O–H groups in total. The van der Waals surface area contributed by atoms with Crippen molar-refractivity contribution < 1.29 is 51.8 Å². The van der Waals surface area contributed by atoms with Crippen LogP contribution in [0.2, 0.25) is 0 Å². The van der Waals surface area contributed by atoms with Crippen LogP contribution in [0.5, 0.6) is 0 Å². The summed E-state index contributed by atoms with van der Waals surface area (Å²) in [4.78, 5) is 13.0. The fourth-order valence-electron chi connectivity index (χ4n) is 6.62. The zero-order valence-corrected chi connectivity index (χ0v) is 34.4. The summed E-state index contributed by atoms with van der Waals surface area (Å²) < 4.78 is 47.4. The molecule has 0 aromatic carbocycles. The van der Waals surface area contributed by atoms with E-state index < -0.39 is 59.9 Å². The Bertz CT molecular complexity index is 1070. The smallest absolute Gasteiger partial charge is 0.394 e. The number of aliphatic hydroxyl groups excluding tert-OH is 4. The van der Waals surface area contributed by atoms with Gasteiger partial charge in [0.05, 0.1) is 25.4 Å². The van der Waals surface area contributed by atoms with Gasteiger partial charge in [0.25, 0.3) is 0 Å². The molecule has 1 rings (SSSR count). The van der Waals surface area contributed by atoms with E-state index in [0.29, 0.717) is 6.42 Å². The number of rotatable bonds is 35. The van der Waals surface area contributed by atoms with Crippen LogP contribution in [0.1, 0.15) is 174 Å². The normalized spacial score (nSPS) is 21.9. The third-order valence-electron chi connectivity index (χ3n) is 9.98. The molecule has 54 heavy (non-hydrogen) atoms. The second kappa shape index (κ2) is 32.6. The average molecular weight is 792 g/mol. The van der Waals surface area contributed by atoms with Crippen LogP contribution in [-0.4, -0.2) is 95.4 Å². The van der Waals surface area contributed by atoms with Gasteiger partial charge in [-0.1, -0.05) is 147 Å². The van der Waals surface area contributed by atoms with Gasteiger partial charge in [-0.25, -0.2) is 4.18 Å². The molecule has 0 bridgehead atoms. The Kier molecular flexibility index (Phi) is 30.6. The SMILES string of the molecule is CCCCCC/C=C\CCCCCCCCCC(=O)NC(COC1OC(CO)C(O)C(OS(=O)(=O)O)C1O)C(O)/C=C/CCCCCCCCCCCC. The Labute approximate surface area is 327 Å². The number of carbonyl (C=O) groups excluding carboxylic acids is 1. The minimum Gasteiger partial charge on any atom is -0.394 e. The van der Waals surface area contributed by atoms with E-state index in [0.717, 1.165) is 44.9 Å². The highest BCUT2D eigenvalue weighted by molar-refractivity contribution is 7.80. The zero-order valence-electron chi connectivity index (χ0n) is 33.5. The van der Waals surface area contributed by atoms with Crippen molar-refractivity contribution in [2.75, 3.05) is 13.2 Å². The Balaban J connectivity index is 2.58. The maximum Gasteiger partial charge on any atom is 0.397 e. The van der Waals surface area contributed by atoms with Crippen molar-refractivity contribution in [3.63, 3.8) is 0 Å². The van der Waals surface area contributed by atoms with Gasteiger partial charge in [-0.15, -0.1) is 0 Å². The summed E-state index contributed by atoms with van der Waals surface area (Å²) in [5.74, 6) is -0.270. The number of amides is 1. The number of ether oxygens (including phenoxy) is 2. The maximum absolute atomic E-state index is 13.0. The highest BCUT2D eigenvalue weighted by Crippen LogP contribution is 2.26. The molecule has 0 saturated carbocycles. The maximum atomic E-state index is 13.0. The fourth-order valence-corrected chi connectivity index (χ4v) is 7.13. The molecule has 1 aliphatic heterocycles. The van der Waals surface area contributed by atoms with Crippen LogP contribution in [-0.2, 0) is 28.9 Å². The molecule has 1 aliphatic rings. The van der Waals surface area contributed by atoms with Crippen molar-refractivity contribution >= 4 is 16.3 Å². The number of hydrogen-bond donors (Lipinski definition) is 6. The molecular formula is C41H77NO11S. The quantitative estimate of drug-likeness (QED) is 0.0213. The second-order valence-electron chi connectivity index (χ2n) is 14.9. The van der Waals surface area contributed by atoms with E-state index in [2.05, 4.69) is 35.5 Å². The summed E-state index contributed by atoms with van der Waals surface area (Å²) in [7, 11) is -5.08.